The molecular formula is C33H34N4O4. The molecule has 0 saturated carbocycles. The quantitative estimate of drug-likeness (QED) is 0.166. The van der Waals surface area contributed by atoms with Gasteiger partial charge in [-0.1, -0.05) is 54.6 Å². The fraction of sp³-hybridized carbons (Fsp3) is 0.242. The molecule has 8 heteroatoms. The number of piperazine rings is 1. The number of benzene rings is 3. The Balaban J connectivity index is 1.07. The second-order valence-corrected chi connectivity index (χ2v) is 9.93. The highest BCUT2D eigenvalue weighted by molar-refractivity contribution is 5.94. The zero-order valence-electron chi connectivity index (χ0n) is 23.2. The van der Waals surface area contributed by atoms with Crippen molar-refractivity contribution < 1.29 is 18.7 Å². The van der Waals surface area contributed by atoms with Gasteiger partial charge in [-0.2, -0.15) is 5.10 Å². The molecule has 1 aromatic heterocycles. The lowest BCUT2D eigenvalue weighted by Crippen LogP contribution is -2.45. The monoisotopic (exact) mass is 550 g/mol. The van der Waals surface area contributed by atoms with Crippen LogP contribution < -0.4 is 5.43 Å². The molecule has 1 fully saturated rings. The van der Waals surface area contributed by atoms with E-state index in [1.807, 2.05) is 30.3 Å². The van der Waals surface area contributed by atoms with Crippen molar-refractivity contribution in [3.63, 3.8) is 0 Å². The van der Waals surface area contributed by atoms with Crippen molar-refractivity contribution in [3.05, 3.63) is 119 Å². The number of nitrogens with zero attached hydrogens (tertiary/aromatic N) is 3. The first-order chi connectivity index (χ1) is 20.1. The average molecular weight is 551 g/mol. The van der Waals surface area contributed by atoms with Gasteiger partial charge in [-0.3, -0.25) is 14.6 Å². The summed E-state index contributed by atoms with van der Waals surface area (Å²) in [5.74, 6) is 0.476. The zero-order chi connectivity index (χ0) is 28.4. The third kappa shape index (κ3) is 7.78. The predicted molar refractivity (Wildman–Crippen MR) is 159 cm³/mol. The molecule has 3 aromatic carbocycles. The molecule has 1 amide bonds. The fourth-order valence-electron chi connectivity index (χ4n) is 4.75. The lowest BCUT2D eigenvalue weighted by Gasteiger charge is -2.34. The summed E-state index contributed by atoms with van der Waals surface area (Å²) >= 11 is 0. The molecule has 0 unspecified atom stereocenters. The maximum atomic E-state index is 12.6. The molecule has 0 spiro atoms. The van der Waals surface area contributed by atoms with Gasteiger partial charge in [0.25, 0.3) is 5.91 Å². The minimum atomic E-state index is -0.357. The molecule has 0 atom stereocenters. The summed E-state index contributed by atoms with van der Waals surface area (Å²) in [6.45, 7) is 8.11. The number of ether oxygens (including phenoxy) is 1. The standard InChI is InChI=1S/C33H34N4O4/c1-2-40-33(39)29-14-12-27(13-15-29)31-17-16-30(41-31)22-34-35-32(38)28-10-8-26(9-11-28)24-37-20-18-36(19-21-37)23-25-6-4-3-5-7-25/h3-17,22H,2,18-21,23-24H2,1H3,(H,35,38)/b34-22+. The van der Waals surface area contributed by atoms with Gasteiger partial charge in [-0.05, 0) is 54.4 Å². The van der Waals surface area contributed by atoms with Crippen molar-refractivity contribution in [3.8, 4) is 11.3 Å². The third-order valence-corrected chi connectivity index (χ3v) is 7.00. The van der Waals surface area contributed by atoms with Gasteiger partial charge in [-0.25, -0.2) is 10.2 Å². The number of hydrogen-bond donors (Lipinski definition) is 1. The van der Waals surface area contributed by atoms with E-state index in [4.69, 9.17) is 9.15 Å². The molecule has 0 aliphatic carbocycles. The minimum Gasteiger partial charge on any atom is -0.462 e. The van der Waals surface area contributed by atoms with Crippen LogP contribution in [-0.4, -0.2) is 60.7 Å². The van der Waals surface area contributed by atoms with E-state index in [9.17, 15) is 9.59 Å². The topological polar surface area (TPSA) is 87.4 Å². The van der Waals surface area contributed by atoms with Gasteiger partial charge in [0.15, 0.2) is 0 Å². The van der Waals surface area contributed by atoms with Crippen LogP contribution in [0.4, 0.5) is 0 Å². The summed E-state index contributed by atoms with van der Waals surface area (Å²) in [6, 6.07) is 28.8. The van der Waals surface area contributed by atoms with E-state index >= 15 is 0 Å². The summed E-state index contributed by atoms with van der Waals surface area (Å²) in [6.07, 6.45) is 1.46. The van der Waals surface area contributed by atoms with E-state index in [0.29, 0.717) is 29.3 Å². The molecule has 0 bridgehead atoms. The van der Waals surface area contributed by atoms with Crippen molar-refractivity contribution in [1.29, 1.82) is 0 Å². The van der Waals surface area contributed by atoms with Crippen LogP contribution in [0.5, 0.6) is 0 Å². The first-order valence-electron chi connectivity index (χ1n) is 13.9. The Morgan fingerprint density at radius 3 is 2.05 bits per heavy atom. The Morgan fingerprint density at radius 2 is 1.41 bits per heavy atom. The van der Waals surface area contributed by atoms with Gasteiger partial charge in [0.1, 0.15) is 11.5 Å². The number of furan rings is 1. The first kappa shape index (κ1) is 28.0. The fourth-order valence-corrected chi connectivity index (χ4v) is 4.75. The van der Waals surface area contributed by atoms with E-state index in [1.165, 1.54) is 17.3 Å². The Kier molecular flexibility index (Phi) is 9.36. The smallest absolute Gasteiger partial charge is 0.338 e. The third-order valence-electron chi connectivity index (χ3n) is 7.00. The number of hydrogen-bond acceptors (Lipinski definition) is 7. The number of amides is 1. The van der Waals surface area contributed by atoms with Gasteiger partial charge in [0.2, 0.25) is 0 Å². The Hall–Kier alpha value is -4.53. The average Bonchev–Trinajstić information content (AvgIpc) is 3.48. The Morgan fingerprint density at radius 1 is 0.805 bits per heavy atom. The molecule has 0 radical (unpaired) electrons. The summed E-state index contributed by atoms with van der Waals surface area (Å²) < 4.78 is 10.8. The van der Waals surface area contributed by atoms with Crippen molar-refractivity contribution in [2.24, 2.45) is 5.10 Å². The lowest BCUT2D eigenvalue weighted by atomic mass is 10.1. The van der Waals surface area contributed by atoms with Gasteiger partial charge >= 0.3 is 5.97 Å². The van der Waals surface area contributed by atoms with Crippen LogP contribution >= 0.6 is 0 Å². The summed E-state index contributed by atoms with van der Waals surface area (Å²) in [5, 5.41) is 4.04. The van der Waals surface area contributed by atoms with Crippen molar-refractivity contribution >= 4 is 18.1 Å². The highest BCUT2D eigenvalue weighted by atomic mass is 16.5. The molecule has 8 nitrogen and oxygen atoms in total. The van der Waals surface area contributed by atoms with Gasteiger partial charge in [0.05, 0.1) is 18.4 Å². The Bertz CT molecular complexity index is 1460. The van der Waals surface area contributed by atoms with Crippen LogP contribution in [0.3, 0.4) is 0 Å². The molecule has 5 rings (SSSR count). The first-order valence-corrected chi connectivity index (χ1v) is 13.9. The molecule has 1 saturated heterocycles. The van der Waals surface area contributed by atoms with Crippen LogP contribution in [0.15, 0.2) is 101 Å². The summed E-state index contributed by atoms with van der Waals surface area (Å²) in [5.41, 5.74) is 6.93. The second-order valence-electron chi connectivity index (χ2n) is 9.93. The van der Waals surface area contributed by atoms with Crippen LogP contribution in [-0.2, 0) is 17.8 Å². The molecule has 1 N–H and O–H groups in total. The number of rotatable bonds is 10. The molecule has 210 valence electrons. The van der Waals surface area contributed by atoms with Gasteiger partial charge in [-0.15, -0.1) is 0 Å². The summed E-state index contributed by atoms with van der Waals surface area (Å²) in [4.78, 5) is 29.3. The lowest BCUT2D eigenvalue weighted by molar-refractivity contribution is 0.0526. The van der Waals surface area contributed by atoms with E-state index in [2.05, 4.69) is 50.7 Å². The van der Waals surface area contributed by atoms with Crippen LogP contribution in [0.2, 0.25) is 0 Å². The molecule has 1 aliphatic rings. The van der Waals surface area contributed by atoms with Crippen LogP contribution in [0.1, 0.15) is 44.5 Å². The van der Waals surface area contributed by atoms with Gasteiger partial charge in [0, 0.05) is 50.4 Å². The maximum absolute atomic E-state index is 12.6. The number of carbonyl (C=O) groups excluding carboxylic acids is 2. The molecule has 1 aliphatic heterocycles. The SMILES string of the molecule is CCOC(=O)c1ccc(-c2ccc(/C=N/NC(=O)c3ccc(CN4CCN(Cc5ccccc5)CC4)cc3)o2)cc1. The largest absolute Gasteiger partial charge is 0.462 e. The van der Waals surface area contributed by atoms with E-state index in [0.717, 1.165) is 44.8 Å². The van der Waals surface area contributed by atoms with Crippen LogP contribution in [0.25, 0.3) is 11.3 Å². The van der Waals surface area contributed by atoms with E-state index in [-0.39, 0.29) is 11.9 Å². The molecule has 41 heavy (non-hydrogen) atoms. The van der Waals surface area contributed by atoms with Crippen molar-refractivity contribution in [1.82, 2.24) is 15.2 Å². The normalized spacial score (nSPS) is 14.3. The second kappa shape index (κ2) is 13.7. The number of hydrazone groups is 1. The van der Waals surface area contributed by atoms with Gasteiger partial charge < -0.3 is 9.15 Å². The molecular weight excluding hydrogens is 516 g/mol. The highest BCUT2D eigenvalue weighted by Gasteiger charge is 2.17. The predicted octanol–water partition coefficient (Wildman–Crippen LogP) is 5.21. The summed E-state index contributed by atoms with van der Waals surface area (Å²) in [7, 11) is 0. The highest BCUT2D eigenvalue weighted by Crippen LogP contribution is 2.22. The maximum Gasteiger partial charge on any atom is 0.338 e. The van der Waals surface area contributed by atoms with Crippen molar-refractivity contribution in [2.45, 2.75) is 20.0 Å². The number of carbonyl (C=O) groups is 2. The minimum absolute atomic E-state index is 0.288. The molecule has 2 heterocycles. The number of esters is 1. The van der Waals surface area contributed by atoms with E-state index < -0.39 is 0 Å². The van der Waals surface area contributed by atoms with Crippen molar-refractivity contribution in [2.75, 3.05) is 32.8 Å². The Labute approximate surface area is 240 Å². The van der Waals surface area contributed by atoms with Crippen LogP contribution in [0, 0.1) is 0 Å². The van der Waals surface area contributed by atoms with E-state index in [1.54, 1.807) is 37.3 Å². The molecule has 4 aromatic rings. The number of nitrogens with one attached hydrogen (secondary N) is 1. The zero-order valence-corrected chi connectivity index (χ0v) is 23.2.